The number of methoxy groups -OCH3 is 1. The van der Waals surface area contributed by atoms with Crippen LogP contribution in [0.1, 0.15) is 63.0 Å². The van der Waals surface area contributed by atoms with Crippen molar-refractivity contribution in [3.05, 3.63) is 71.5 Å². The minimum Gasteiger partial charge on any atom is -0.467 e. The van der Waals surface area contributed by atoms with Gasteiger partial charge in [-0.1, -0.05) is 42.5 Å². The maximum Gasteiger partial charge on any atom is 0.407 e. The number of hydrogen-bond acceptors (Lipinski definition) is 9. The molecule has 2 aromatic rings. The Hall–Kier alpha value is -4.23. The smallest absolute Gasteiger partial charge is 0.407 e. The number of esters is 1. The van der Waals surface area contributed by atoms with Crippen LogP contribution in [-0.2, 0) is 46.2 Å². The fraction of sp³-hybridized carbons (Fsp3) is 0.529. The fourth-order valence-corrected chi connectivity index (χ4v) is 5.75. The van der Waals surface area contributed by atoms with Gasteiger partial charge < -0.3 is 39.6 Å². The van der Waals surface area contributed by atoms with Gasteiger partial charge in [0.2, 0.25) is 5.91 Å². The maximum absolute atomic E-state index is 13.2. The van der Waals surface area contributed by atoms with Crippen LogP contribution in [0, 0.1) is 5.82 Å². The molecule has 0 unspecified atom stereocenters. The van der Waals surface area contributed by atoms with E-state index < -0.39 is 48.3 Å². The number of benzene rings is 2. The molecule has 0 aromatic heterocycles. The first-order valence-electron chi connectivity index (χ1n) is 16.0. The van der Waals surface area contributed by atoms with E-state index in [0.29, 0.717) is 45.2 Å². The third kappa shape index (κ3) is 11.8. The summed E-state index contributed by atoms with van der Waals surface area (Å²) >= 11 is 0. The van der Waals surface area contributed by atoms with Crippen LogP contribution in [0.2, 0.25) is 0 Å². The molecule has 0 aliphatic carbocycles. The molecule has 0 bridgehead atoms. The molecular weight excluding hydrogens is 613 g/mol. The Labute approximate surface area is 274 Å². The first-order chi connectivity index (χ1) is 22.6. The highest BCUT2D eigenvalue weighted by Crippen LogP contribution is 2.41. The lowest BCUT2D eigenvalue weighted by Gasteiger charge is -2.47. The van der Waals surface area contributed by atoms with Crippen LogP contribution >= 0.6 is 0 Å². The molecular formula is C34H44FN3O9. The van der Waals surface area contributed by atoms with E-state index in [1.54, 1.807) is 12.1 Å². The third-order valence-corrected chi connectivity index (χ3v) is 8.09. The van der Waals surface area contributed by atoms with Gasteiger partial charge in [-0.3, -0.25) is 4.79 Å². The summed E-state index contributed by atoms with van der Waals surface area (Å²) in [6.07, 6.45) is 0.650. The molecule has 2 aliphatic rings. The van der Waals surface area contributed by atoms with E-state index in [0.717, 1.165) is 17.5 Å². The molecule has 5 atom stereocenters. The molecule has 2 fully saturated rings. The molecule has 0 radical (unpaired) electrons. The highest BCUT2D eigenvalue weighted by molar-refractivity contribution is 5.84. The SMILES string of the molecule is COC(=O)[C@H](C)NC(=O)CC[C@@H]1C[C@@H](OC(=O)NCCc2ccc(F)cc2)C[C@@]2(CCC[C@H](COC(=O)NCc3ccccc3)O2)O1. The molecule has 3 amide bonds. The molecule has 3 N–H and O–H groups in total. The molecule has 13 heteroatoms. The lowest BCUT2D eigenvalue weighted by molar-refractivity contribution is -0.329. The van der Waals surface area contributed by atoms with Crippen LogP contribution in [0.25, 0.3) is 0 Å². The van der Waals surface area contributed by atoms with Crippen molar-refractivity contribution in [2.75, 3.05) is 20.3 Å². The van der Waals surface area contributed by atoms with E-state index in [9.17, 15) is 23.6 Å². The molecule has 2 heterocycles. The predicted molar refractivity (Wildman–Crippen MR) is 167 cm³/mol. The summed E-state index contributed by atoms with van der Waals surface area (Å²) in [7, 11) is 1.25. The summed E-state index contributed by atoms with van der Waals surface area (Å²) in [5.74, 6) is -2.34. The summed E-state index contributed by atoms with van der Waals surface area (Å²) in [4.78, 5) is 49.4. The first kappa shape index (κ1) is 35.6. The second-order valence-corrected chi connectivity index (χ2v) is 11.8. The van der Waals surface area contributed by atoms with E-state index >= 15 is 0 Å². The van der Waals surface area contributed by atoms with Crippen molar-refractivity contribution in [3.8, 4) is 0 Å². The summed E-state index contributed by atoms with van der Waals surface area (Å²) in [6, 6.07) is 14.7. The number of ether oxygens (including phenoxy) is 5. The normalized spacial score (nSPS) is 22.8. The topological polar surface area (TPSA) is 151 Å². The molecule has 256 valence electrons. The number of carbonyl (C=O) groups excluding carboxylic acids is 4. The zero-order valence-electron chi connectivity index (χ0n) is 26.8. The Morgan fingerprint density at radius 3 is 2.47 bits per heavy atom. The van der Waals surface area contributed by atoms with Crippen molar-refractivity contribution in [3.63, 3.8) is 0 Å². The number of carbonyl (C=O) groups is 4. The number of amides is 3. The highest BCUT2D eigenvalue weighted by Gasteiger charge is 2.47. The van der Waals surface area contributed by atoms with Crippen molar-refractivity contribution in [1.29, 1.82) is 0 Å². The third-order valence-electron chi connectivity index (χ3n) is 8.09. The minimum atomic E-state index is -1.11. The second-order valence-electron chi connectivity index (χ2n) is 11.8. The summed E-state index contributed by atoms with van der Waals surface area (Å²) < 4.78 is 42.0. The molecule has 2 aromatic carbocycles. The quantitative estimate of drug-likeness (QED) is 0.212. The zero-order valence-corrected chi connectivity index (χ0v) is 26.8. The Bertz CT molecular complexity index is 1330. The highest BCUT2D eigenvalue weighted by atomic mass is 19.1. The first-order valence-corrected chi connectivity index (χ1v) is 16.0. The molecule has 2 saturated heterocycles. The van der Waals surface area contributed by atoms with Crippen LogP contribution in [0.4, 0.5) is 14.0 Å². The maximum atomic E-state index is 13.2. The number of rotatable bonds is 13. The minimum absolute atomic E-state index is 0.0135. The lowest BCUT2D eigenvalue weighted by atomic mass is 9.90. The predicted octanol–water partition coefficient (Wildman–Crippen LogP) is 4.29. The van der Waals surface area contributed by atoms with Gasteiger partial charge >= 0.3 is 18.2 Å². The van der Waals surface area contributed by atoms with Crippen molar-refractivity contribution in [2.24, 2.45) is 0 Å². The standard InChI is InChI=1S/C34H44FN3O9/c1-23(31(40)43-2)38-30(39)15-14-27-19-29(45-33(42)36-18-16-24-10-12-26(35)13-11-24)20-34(46-27)17-6-9-28(47-34)22-44-32(41)37-21-25-7-4-3-5-8-25/h3-5,7-8,10-13,23,27-29H,6,9,14-22H2,1-2H3,(H,36,42)(H,37,41)(H,38,39)/t23-,27+,28+,29+,34-/m0/s1. The van der Waals surface area contributed by atoms with Crippen molar-refractivity contribution in [2.45, 2.75) is 95.0 Å². The Morgan fingerprint density at radius 1 is 0.979 bits per heavy atom. The Morgan fingerprint density at radius 2 is 1.72 bits per heavy atom. The largest absolute Gasteiger partial charge is 0.467 e. The van der Waals surface area contributed by atoms with Gasteiger partial charge in [0, 0.05) is 38.8 Å². The van der Waals surface area contributed by atoms with Gasteiger partial charge in [0.25, 0.3) is 0 Å². The number of alkyl carbamates (subject to hydrolysis) is 2. The molecule has 12 nitrogen and oxygen atoms in total. The lowest BCUT2D eigenvalue weighted by Crippen LogP contribution is -2.54. The van der Waals surface area contributed by atoms with E-state index in [1.807, 2.05) is 30.3 Å². The molecule has 0 saturated carbocycles. The average Bonchev–Trinajstić information content (AvgIpc) is 3.06. The van der Waals surface area contributed by atoms with E-state index in [1.165, 1.54) is 26.2 Å². The Kier molecular flexibility index (Phi) is 13.4. The van der Waals surface area contributed by atoms with E-state index in [4.69, 9.17) is 18.9 Å². The van der Waals surface area contributed by atoms with Gasteiger partial charge in [-0.05, 0) is 55.9 Å². The van der Waals surface area contributed by atoms with Crippen molar-refractivity contribution < 1.29 is 47.3 Å². The average molecular weight is 658 g/mol. The molecule has 4 rings (SSSR count). The Balaban J connectivity index is 1.33. The van der Waals surface area contributed by atoms with Gasteiger partial charge in [0.05, 0.1) is 19.3 Å². The van der Waals surface area contributed by atoms with Crippen LogP contribution in [0.15, 0.2) is 54.6 Å². The molecule has 47 heavy (non-hydrogen) atoms. The van der Waals surface area contributed by atoms with Gasteiger partial charge in [0.1, 0.15) is 24.6 Å². The van der Waals surface area contributed by atoms with Gasteiger partial charge in [-0.25, -0.2) is 18.8 Å². The van der Waals surface area contributed by atoms with Crippen molar-refractivity contribution >= 4 is 24.1 Å². The fourth-order valence-electron chi connectivity index (χ4n) is 5.75. The second kappa shape index (κ2) is 17.6. The number of nitrogens with one attached hydrogen (secondary N) is 3. The van der Waals surface area contributed by atoms with Crippen LogP contribution in [0.3, 0.4) is 0 Å². The monoisotopic (exact) mass is 657 g/mol. The van der Waals surface area contributed by atoms with E-state index in [2.05, 4.69) is 20.7 Å². The summed E-state index contributed by atoms with van der Waals surface area (Å²) in [5, 5.41) is 8.08. The van der Waals surface area contributed by atoms with E-state index in [-0.39, 0.29) is 31.2 Å². The van der Waals surface area contributed by atoms with Gasteiger partial charge in [-0.2, -0.15) is 0 Å². The summed E-state index contributed by atoms with van der Waals surface area (Å²) in [5.41, 5.74) is 1.81. The van der Waals surface area contributed by atoms with Crippen LogP contribution < -0.4 is 16.0 Å². The van der Waals surface area contributed by atoms with Crippen LogP contribution in [0.5, 0.6) is 0 Å². The summed E-state index contributed by atoms with van der Waals surface area (Å²) in [6.45, 7) is 2.17. The number of hydrogen-bond donors (Lipinski definition) is 3. The molecule has 1 spiro atoms. The van der Waals surface area contributed by atoms with Crippen molar-refractivity contribution in [1.82, 2.24) is 16.0 Å². The zero-order chi connectivity index (χ0) is 33.6. The van der Waals surface area contributed by atoms with Gasteiger partial charge in [-0.15, -0.1) is 0 Å². The van der Waals surface area contributed by atoms with Crippen LogP contribution in [-0.4, -0.2) is 74.5 Å². The number of halogens is 1. The van der Waals surface area contributed by atoms with Gasteiger partial charge in [0.15, 0.2) is 5.79 Å². The molecule has 2 aliphatic heterocycles.